The van der Waals surface area contributed by atoms with Gasteiger partial charge in [-0.3, -0.25) is 9.36 Å². The van der Waals surface area contributed by atoms with Crippen LogP contribution in [0.4, 0.5) is 0 Å². The first-order valence-corrected chi connectivity index (χ1v) is 6.95. The highest BCUT2D eigenvalue weighted by atomic mass is 16.5. The van der Waals surface area contributed by atoms with Gasteiger partial charge in [0.05, 0.1) is 24.7 Å². The van der Waals surface area contributed by atoms with Gasteiger partial charge in [-0.1, -0.05) is 5.21 Å². The number of hydrogen-bond donors (Lipinski definition) is 1. The minimum absolute atomic E-state index is 0.329. The molecule has 0 aromatic carbocycles. The van der Waals surface area contributed by atoms with E-state index in [4.69, 9.17) is 4.74 Å². The molecule has 114 valence electrons. The second kappa shape index (κ2) is 7.53. The van der Waals surface area contributed by atoms with E-state index in [1.807, 2.05) is 13.2 Å². The Hall–Kier alpha value is -2.22. The summed E-state index contributed by atoms with van der Waals surface area (Å²) in [5.74, 6) is -0.329. The third-order valence-electron chi connectivity index (χ3n) is 3.06. The van der Waals surface area contributed by atoms with E-state index in [1.54, 1.807) is 28.7 Å². The van der Waals surface area contributed by atoms with Crippen molar-refractivity contribution in [3.63, 3.8) is 0 Å². The Morgan fingerprint density at radius 2 is 2.33 bits per heavy atom. The fourth-order valence-electron chi connectivity index (χ4n) is 1.98. The average molecular weight is 292 g/mol. The first-order valence-electron chi connectivity index (χ1n) is 6.95. The van der Waals surface area contributed by atoms with E-state index in [0.29, 0.717) is 18.7 Å². The molecule has 0 aliphatic rings. The topological polar surface area (TPSA) is 86.9 Å². The maximum absolute atomic E-state index is 11.8. The van der Waals surface area contributed by atoms with Gasteiger partial charge in [0.1, 0.15) is 5.56 Å². The zero-order valence-electron chi connectivity index (χ0n) is 12.3. The second-order valence-electron chi connectivity index (χ2n) is 4.55. The van der Waals surface area contributed by atoms with Crippen LogP contribution < -0.4 is 5.32 Å². The van der Waals surface area contributed by atoms with Crippen LogP contribution in [0.25, 0.3) is 0 Å². The third-order valence-corrected chi connectivity index (χ3v) is 3.06. The molecule has 0 spiro atoms. The first kappa shape index (κ1) is 15.2. The molecular weight excluding hydrogens is 272 g/mol. The summed E-state index contributed by atoms with van der Waals surface area (Å²) in [5.41, 5.74) is 1.34. The highest BCUT2D eigenvalue weighted by Gasteiger charge is 2.16. The van der Waals surface area contributed by atoms with Crippen molar-refractivity contribution in [3.05, 3.63) is 29.8 Å². The van der Waals surface area contributed by atoms with E-state index in [2.05, 4.69) is 20.7 Å². The van der Waals surface area contributed by atoms with Crippen LogP contribution in [0.5, 0.6) is 0 Å². The van der Waals surface area contributed by atoms with Gasteiger partial charge in [0.15, 0.2) is 0 Å². The summed E-state index contributed by atoms with van der Waals surface area (Å²) in [4.78, 5) is 11.8. The predicted molar refractivity (Wildman–Crippen MR) is 75.5 cm³/mol. The molecule has 0 saturated heterocycles. The second-order valence-corrected chi connectivity index (χ2v) is 4.55. The van der Waals surface area contributed by atoms with E-state index in [-0.39, 0.29) is 5.97 Å². The minimum Gasteiger partial charge on any atom is -0.462 e. The van der Waals surface area contributed by atoms with Crippen molar-refractivity contribution in [1.82, 2.24) is 30.1 Å². The molecule has 0 fully saturated rings. The van der Waals surface area contributed by atoms with Gasteiger partial charge in [-0.2, -0.15) is 5.10 Å². The Balaban J connectivity index is 1.79. The van der Waals surface area contributed by atoms with Gasteiger partial charge in [0.2, 0.25) is 0 Å². The molecular formula is C13H20N6O2. The van der Waals surface area contributed by atoms with Crippen LogP contribution in [0, 0.1) is 0 Å². The van der Waals surface area contributed by atoms with Crippen molar-refractivity contribution in [3.8, 4) is 0 Å². The number of ether oxygens (including phenoxy) is 1. The van der Waals surface area contributed by atoms with Crippen molar-refractivity contribution in [2.45, 2.75) is 26.4 Å². The molecule has 0 saturated carbocycles. The number of nitrogens with one attached hydrogen (secondary N) is 1. The van der Waals surface area contributed by atoms with Gasteiger partial charge in [0, 0.05) is 26.3 Å². The lowest BCUT2D eigenvalue weighted by Crippen LogP contribution is -2.20. The molecule has 0 atom stereocenters. The molecule has 0 amide bonds. The quantitative estimate of drug-likeness (QED) is 0.559. The number of rotatable bonds is 8. The van der Waals surface area contributed by atoms with E-state index < -0.39 is 0 Å². The molecule has 8 heteroatoms. The largest absolute Gasteiger partial charge is 0.462 e. The smallest absolute Gasteiger partial charge is 0.341 e. The van der Waals surface area contributed by atoms with Crippen molar-refractivity contribution in [2.75, 3.05) is 13.2 Å². The number of aryl methyl sites for hydroxylation is 2. The average Bonchev–Trinajstić information content (AvgIpc) is 3.09. The fraction of sp³-hybridized carbons (Fsp3) is 0.538. The van der Waals surface area contributed by atoms with E-state index in [1.165, 1.54) is 0 Å². The molecule has 21 heavy (non-hydrogen) atoms. The van der Waals surface area contributed by atoms with Crippen LogP contribution in [-0.4, -0.2) is 43.9 Å². The molecule has 0 aliphatic heterocycles. The van der Waals surface area contributed by atoms with Gasteiger partial charge in [-0.15, -0.1) is 5.10 Å². The molecule has 8 nitrogen and oxygen atoms in total. The summed E-state index contributed by atoms with van der Waals surface area (Å²) in [7, 11) is 1.81. The summed E-state index contributed by atoms with van der Waals surface area (Å²) in [6.07, 6.45) is 5.97. The lowest BCUT2D eigenvalue weighted by Gasteiger charge is -2.08. The zero-order chi connectivity index (χ0) is 15.1. The van der Waals surface area contributed by atoms with Crippen LogP contribution in [0.3, 0.4) is 0 Å². The molecule has 2 aromatic rings. The molecule has 2 heterocycles. The highest BCUT2D eigenvalue weighted by molar-refractivity contribution is 5.90. The van der Waals surface area contributed by atoms with Gasteiger partial charge < -0.3 is 10.1 Å². The molecule has 0 unspecified atom stereocenters. The highest BCUT2D eigenvalue weighted by Crippen LogP contribution is 2.09. The van der Waals surface area contributed by atoms with Crippen molar-refractivity contribution in [2.24, 2.45) is 7.05 Å². The third kappa shape index (κ3) is 4.12. The molecule has 1 N–H and O–H groups in total. The maximum atomic E-state index is 11.8. The minimum atomic E-state index is -0.329. The maximum Gasteiger partial charge on any atom is 0.341 e. The fourth-order valence-corrected chi connectivity index (χ4v) is 1.98. The van der Waals surface area contributed by atoms with Gasteiger partial charge >= 0.3 is 5.97 Å². The number of nitrogens with zero attached hydrogens (tertiary/aromatic N) is 5. The summed E-state index contributed by atoms with van der Waals surface area (Å²) >= 11 is 0. The Kier molecular flexibility index (Phi) is 5.44. The predicted octanol–water partition coefficient (Wildman–Crippen LogP) is 0.368. The summed E-state index contributed by atoms with van der Waals surface area (Å²) in [6, 6.07) is 0. The van der Waals surface area contributed by atoms with Crippen LogP contribution in [0.2, 0.25) is 0 Å². The Bertz CT molecular complexity index is 563. The Labute approximate surface area is 123 Å². The summed E-state index contributed by atoms with van der Waals surface area (Å²) in [6.45, 7) is 4.34. The van der Waals surface area contributed by atoms with Crippen LogP contribution in [0.15, 0.2) is 18.6 Å². The van der Waals surface area contributed by atoms with Gasteiger partial charge in [-0.05, 0) is 19.9 Å². The number of hydrogen-bond acceptors (Lipinski definition) is 6. The van der Waals surface area contributed by atoms with E-state index in [9.17, 15) is 4.79 Å². The van der Waals surface area contributed by atoms with Crippen LogP contribution in [-0.2, 0) is 24.9 Å². The van der Waals surface area contributed by atoms with Crippen molar-refractivity contribution < 1.29 is 9.53 Å². The zero-order valence-corrected chi connectivity index (χ0v) is 12.3. The molecule has 0 radical (unpaired) electrons. The van der Waals surface area contributed by atoms with Crippen LogP contribution >= 0.6 is 0 Å². The standard InChI is InChI=1S/C13H20N6O2/c1-3-21-13(20)11-9-16-18(2)12(11)10-14-5-4-7-19-8-6-15-17-19/h6,8-9,14H,3-5,7,10H2,1-2H3. The summed E-state index contributed by atoms with van der Waals surface area (Å²) < 4.78 is 8.50. The van der Waals surface area contributed by atoms with Crippen LogP contribution in [0.1, 0.15) is 29.4 Å². The number of carbonyl (C=O) groups is 1. The Morgan fingerprint density at radius 3 is 3.05 bits per heavy atom. The van der Waals surface area contributed by atoms with Gasteiger partial charge in [-0.25, -0.2) is 4.79 Å². The molecule has 0 bridgehead atoms. The SMILES string of the molecule is CCOC(=O)c1cnn(C)c1CNCCCn1ccnn1. The summed E-state index contributed by atoms with van der Waals surface area (Å²) in [5, 5.41) is 15.1. The Morgan fingerprint density at radius 1 is 1.48 bits per heavy atom. The van der Waals surface area contributed by atoms with Crippen molar-refractivity contribution in [1.29, 1.82) is 0 Å². The van der Waals surface area contributed by atoms with E-state index in [0.717, 1.165) is 25.2 Å². The molecule has 0 aliphatic carbocycles. The number of esters is 1. The molecule has 2 rings (SSSR count). The molecule has 2 aromatic heterocycles. The van der Waals surface area contributed by atoms with Crippen molar-refractivity contribution >= 4 is 5.97 Å². The lowest BCUT2D eigenvalue weighted by atomic mass is 10.2. The first-order chi connectivity index (χ1) is 10.2. The number of carbonyl (C=O) groups excluding carboxylic acids is 1. The lowest BCUT2D eigenvalue weighted by molar-refractivity contribution is 0.0524. The normalized spacial score (nSPS) is 10.8. The van der Waals surface area contributed by atoms with E-state index >= 15 is 0 Å². The number of aromatic nitrogens is 5. The monoisotopic (exact) mass is 292 g/mol. The van der Waals surface area contributed by atoms with Gasteiger partial charge in [0.25, 0.3) is 0 Å².